The predicted molar refractivity (Wildman–Crippen MR) is 97.8 cm³/mol. The Hall–Kier alpha value is -1.79. The van der Waals surface area contributed by atoms with Gasteiger partial charge in [-0.2, -0.15) is 0 Å². The maximum atomic E-state index is 4.50. The predicted octanol–water partition coefficient (Wildman–Crippen LogP) is -0.371. The molecule has 1 aromatic heterocycles. The van der Waals surface area contributed by atoms with Crippen LogP contribution in [0.25, 0.3) is 0 Å². The van der Waals surface area contributed by atoms with Crippen LogP contribution in [0.2, 0.25) is 0 Å². The molecular weight excluding hydrogens is 312 g/mol. The summed E-state index contributed by atoms with van der Waals surface area (Å²) >= 11 is 0. The van der Waals surface area contributed by atoms with Crippen molar-refractivity contribution in [3.8, 4) is 0 Å². The Morgan fingerprint density at radius 1 is 1.12 bits per heavy atom. The van der Waals surface area contributed by atoms with Gasteiger partial charge in [0.2, 0.25) is 5.82 Å². The van der Waals surface area contributed by atoms with Crippen LogP contribution < -0.4 is 9.80 Å². The number of likely N-dealkylation sites (N-methyl/N-ethyl adjacent to an activating group) is 1. The maximum Gasteiger partial charge on any atom is 0.214 e. The van der Waals surface area contributed by atoms with Crippen molar-refractivity contribution < 1.29 is 9.80 Å². The number of nitrogens with zero attached hydrogens (tertiary/aromatic N) is 4. The number of tetrazole rings is 1. The largest absolute Gasteiger partial charge is 0.328 e. The maximum absolute atomic E-state index is 4.50. The lowest BCUT2D eigenvalue weighted by molar-refractivity contribution is -1.02. The first-order valence-electron chi connectivity index (χ1n) is 9.43. The van der Waals surface area contributed by atoms with Crippen LogP contribution in [0.3, 0.4) is 0 Å². The lowest BCUT2D eigenvalue weighted by Gasteiger charge is -2.34. The van der Waals surface area contributed by atoms with Gasteiger partial charge in [-0.05, 0) is 37.6 Å². The Morgan fingerprint density at radius 3 is 2.36 bits per heavy atom. The summed E-state index contributed by atoms with van der Waals surface area (Å²) in [6, 6.07) is 9.07. The van der Waals surface area contributed by atoms with E-state index < -0.39 is 0 Å². The fraction of sp³-hybridized carbons (Fsp3) is 0.632. The Kier molecular flexibility index (Phi) is 5.20. The molecule has 0 radical (unpaired) electrons. The molecule has 0 unspecified atom stereocenters. The summed E-state index contributed by atoms with van der Waals surface area (Å²) in [6.45, 7) is 13.4. The fourth-order valence-electron chi connectivity index (χ4n) is 3.57. The van der Waals surface area contributed by atoms with E-state index in [-0.39, 0.29) is 11.6 Å². The molecule has 1 aliphatic rings. The number of hydrogen-bond donors (Lipinski definition) is 2. The molecule has 1 aromatic carbocycles. The molecular formula is C19H32N6+2. The van der Waals surface area contributed by atoms with Crippen LogP contribution in [0.4, 0.5) is 0 Å². The molecule has 6 heteroatoms. The highest BCUT2D eigenvalue weighted by atomic mass is 15.6. The van der Waals surface area contributed by atoms with Crippen molar-refractivity contribution >= 4 is 0 Å². The molecule has 2 aromatic rings. The van der Waals surface area contributed by atoms with E-state index in [1.165, 1.54) is 24.2 Å². The number of rotatable bonds is 5. The first kappa shape index (κ1) is 18.0. The summed E-state index contributed by atoms with van der Waals surface area (Å²) in [5, 5.41) is 12.9. The second kappa shape index (κ2) is 7.22. The van der Waals surface area contributed by atoms with Crippen molar-refractivity contribution in [2.75, 3.05) is 33.2 Å². The molecule has 0 bridgehead atoms. The van der Waals surface area contributed by atoms with Gasteiger partial charge in [0.1, 0.15) is 26.2 Å². The third-order valence-electron chi connectivity index (χ3n) is 5.76. The first-order chi connectivity index (χ1) is 11.9. The van der Waals surface area contributed by atoms with Crippen molar-refractivity contribution in [3.05, 3.63) is 41.2 Å². The monoisotopic (exact) mass is 344 g/mol. The molecule has 2 N–H and O–H groups in total. The smallest absolute Gasteiger partial charge is 0.214 e. The summed E-state index contributed by atoms with van der Waals surface area (Å²) in [5.74, 6) is 0.991. The minimum atomic E-state index is -0.0843. The second-order valence-corrected chi connectivity index (χ2v) is 8.07. The van der Waals surface area contributed by atoms with Crippen molar-refractivity contribution in [3.63, 3.8) is 0 Å². The normalized spacial score (nSPS) is 22.8. The minimum absolute atomic E-state index is 0.0843. The number of hydrogen-bond acceptors (Lipinski definition) is 3. The van der Waals surface area contributed by atoms with E-state index in [0.717, 1.165) is 25.3 Å². The quantitative estimate of drug-likeness (QED) is 0.778. The van der Waals surface area contributed by atoms with Gasteiger partial charge in [0.25, 0.3) is 0 Å². The highest BCUT2D eigenvalue weighted by Crippen LogP contribution is 2.24. The van der Waals surface area contributed by atoms with E-state index in [9.17, 15) is 0 Å². The van der Waals surface area contributed by atoms with Gasteiger partial charge in [0.05, 0.1) is 12.6 Å². The molecule has 136 valence electrons. The summed E-state index contributed by atoms with van der Waals surface area (Å²) < 4.78 is 2.05. The van der Waals surface area contributed by atoms with Crippen molar-refractivity contribution in [1.82, 2.24) is 20.2 Å². The Bertz CT molecular complexity index is 682. The number of aryl methyl sites for hydroxylation is 1. The van der Waals surface area contributed by atoms with Crippen molar-refractivity contribution in [2.45, 2.75) is 45.7 Å². The van der Waals surface area contributed by atoms with Gasteiger partial charge in [-0.1, -0.05) is 36.8 Å². The molecule has 2 heterocycles. The molecule has 25 heavy (non-hydrogen) atoms. The van der Waals surface area contributed by atoms with Gasteiger partial charge < -0.3 is 9.80 Å². The molecule has 1 fully saturated rings. The van der Waals surface area contributed by atoms with Crippen LogP contribution in [-0.4, -0.2) is 53.4 Å². The van der Waals surface area contributed by atoms with Crippen LogP contribution in [-0.2, 0) is 5.54 Å². The first-order valence-corrected chi connectivity index (χ1v) is 9.43. The zero-order valence-electron chi connectivity index (χ0n) is 16.2. The molecule has 0 amide bonds. The summed E-state index contributed by atoms with van der Waals surface area (Å²) in [7, 11) is 2.28. The van der Waals surface area contributed by atoms with E-state index >= 15 is 0 Å². The highest BCUT2D eigenvalue weighted by Gasteiger charge is 2.37. The van der Waals surface area contributed by atoms with Crippen molar-refractivity contribution in [1.29, 1.82) is 0 Å². The van der Waals surface area contributed by atoms with Gasteiger partial charge >= 0.3 is 0 Å². The zero-order chi connectivity index (χ0) is 18.0. The standard InChI is InChI=1S/C19H30N6/c1-6-19(3,4)25-18(20-21-22-25)17(16-9-7-15(2)8-10-16)24-13-11-23(5)12-14-24/h7-10,17H,6,11-14H2,1-5H3/p+2/t17-/m0/s1. The average molecular weight is 345 g/mol. The summed E-state index contributed by atoms with van der Waals surface area (Å²) in [5.41, 5.74) is 2.51. The number of nitrogens with one attached hydrogen (secondary N) is 2. The van der Waals surface area contributed by atoms with Gasteiger partial charge in [-0.15, -0.1) is 5.10 Å². The SMILES string of the molecule is CCC(C)(C)n1nnnc1[C@H](c1ccc(C)cc1)[NH+]1CC[NH+](C)CC1. The third-order valence-corrected chi connectivity index (χ3v) is 5.76. The highest BCUT2D eigenvalue weighted by molar-refractivity contribution is 5.26. The van der Waals surface area contributed by atoms with Gasteiger partial charge in [0, 0.05) is 5.56 Å². The average Bonchev–Trinajstić information content (AvgIpc) is 3.09. The van der Waals surface area contributed by atoms with Gasteiger partial charge in [-0.25, -0.2) is 4.68 Å². The minimum Gasteiger partial charge on any atom is -0.328 e. The molecule has 1 atom stereocenters. The summed E-state index contributed by atoms with van der Waals surface area (Å²) in [4.78, 5) is 3.18. The lowest BCUT2D eigenvalue weighted by atomic mass is 9.98. The Balaban J connectivity index is 2.03. The van der Waals surface area contributed by atoms with E-state index in [1.54, 1.807) is 9.80 Å². The van der Waals surface area contributed by atoms with Crippen LogP contribution in [0, 0.1) is 6.92 Å². The topological polar surface area (TPSA) is 52.5 Å². The molecule has 6 nitrogen and oxygen atoms in total. The van der Waals surface area contributed by atoms with Crippen LogP contribution in [0.5, 0.6) is 0 Å². The Morgan fingerprint density at radius 2 is 1.76 bits per heavy atom. The molecule has 1 aliphatic heterocycles. The van der Waals surface area contributed by atoms with E-state index in [2.05, 4.69) is 79.2 Å². The second-order valence-electron chi connectivity index (χ2n) is 8.07. The zero-order valence-corrected chi connectivity index (χ0v) is 16.2. The number of quaternary nitrogens is 2. The third kappa shape index (κ3) is 3.75. The molecule has 1 saturated heterocycles. The number of aromatic nitrogens is 4. The lowest BCUT2D eigenvalue weighted by Crippen LogP contribution is -3.27. The number of benzene rings is 1. The van der Waals surface area contributed by atoms with E-state index in [0.29, 0.717) is 0 Å². The van der Waals surface area contributed by atoms with Gasteiger partial charge in [-0.3, -0.25) is 0 Å². The van der Waals surface area contributed by atoms with E-state index in [1.807, 2.05) is 0 Å². The van der Waals surface area contributed by atoms with E-state index in [4.69, 9.17) is 0 Å². The van der Waals surface area contributed by atoms with Crippen LogP contribution in [0.1, 0.15) is 50.2 Å². The number of piperazine rings is 1. The molecule has 0 aliphatic carbocycles. The molecule has 0 saturated carbocycles. The fourth-order valence-corrected chi connectivity index (χ4v) is 3.57. The van der Waals surface area contributed by atoms with Crippen molar-refractivity contribution in [2.24, 2.45) is 0 Å². The van der Waals surface area contributed by atoms with Crippen LogP contribution in [0.15, 0.2) is 24.3 Å². The summed E-state index contributed by atoms with van der Waals surface area (Å²) in [6.07, 6.45) is 0.994. The Labute approximate surface area is 150 Å². The van der Waals surface area contributed by atoms with Gasteiger partial charge in [0.15, 0.2) is 6.04 Å². The van der Waals surface area contributed by atoms with Crippen LogP contribution >= 0.6 is 0 Å². The molecule has 3 rings (SSSR count). The molecule has 0 spiro atoms.